The summed E-state index contributed by atoms with van der Waals surface area (Å²) in [5, 5.41) is 0. The minimum absolute atomic E-state index is 0.996. The normalized spacial score (nSPS) is 19.1. The monoisotopic (exact) mass is 162 g/mol. The molecule has 0 aliphatic carbocycles. The highest BCUT2D eigenvalue weighted by Crippen LogP contribution is 2.34. The first kappa shape index (κ1) is 6.65. The van der Waals surface area contributed by atoms with Crippen LogP contribution in [0.2, 0.25) is 0 Å². The Morgan fingerprint density at radius 1 is 1.88 bits per heavy atom. The van der Waals surface area contributed by atoms with E-state index >= 15 is 0 Å². The molecule has 0 atom stereocenters. The summed E-state index contributed by atoms with van der Waals surface area (Å²) in [5.41, 5.74) is 0. The Kier molecular flexibility index (Phi) is 2.41. The van der Waals surface area contributed by atoms with Gasteiger partial charge in [0.25, 0.3) is 0 Å². The minimum atomic E-state index is 0.996. The standard InChI is InChI=1S/C5H6S3/c1-7-5-3-2-4(6)8-5/h3H,2H2,1H3. The topological polar surface area (TPSA) is 0 Å². The lowest BCUT2D eigenvalue weighted by Crippen LogP contribution is -1.71. The van der Waals surface area contributed by atoms with Gasteiger partial charge >= 0.3 is 0 Å². The van der Waals surface area contributed by atoms with Crippen molar-refractivity contribution in [2.45, 2.75) is 6.42 Å². The molecule has 0 aromatic rings. The number of thioether (sulfide) groups is 2. The molecule has 0 aromatic heterocycles. The molecule has 0 radical (unpaired) electrons. The number of hydrogen-bond donors (Lipinski definition) is 0. The molecule has 0 saturated heterocycles. The number of allylic oxidation sites excluding steroid dienone is 1. The third-order valence-corrected chi connectivity index (χ3v) is 3.35. The van der Waals surface area contributed by atoms with Gasteiger partial charge in [0.2, 0.25) is 0 Å². The van der Waals surface area contributed by atoms with Crippen LogP contribution in [0.5, 0.6) is 0 Å². The molecule has 44 valence electrons. The predicted molar refractivity (Wildman–Crippen MR) is 46.4 cm³/mol. The molecule has 8 heavy (non-hydrogen) atoms. The summed E-state index contributed by atoms with van der Waals surface area (Å²) in [7, 11) is 0. The Balaban J connectivity index is 2.49. The summed E-state index contributed by atoms with van der Waals surface area (Å²) in [6.07, 6.45) is 5.25. The van der Waals surface area contributed by atoms with Crippen molar-refractivity contribution in [2.24, 2.45) is 0 Å². The van der Waals surface area contributed by atoms with Gasteiger partial charge in [0.05, 0.1) is 4.20 Å². The fourth-order valence-corrected chi connectivity index (χ4v) is 2.44. The summed E-state index contributed by atoms with van der Waals surface area (Å²) in [6, 6.07) is 0. The van der Waals surface area contributed by atoms with E-state index in [4.69, 9.17) is 12.2 Å². The molecule has 0 unspecified atom stereocenters. The molecule has 0 saturated carbocycles. The van der Waals surface area contributed by atoms with Crippen molar-refractivity contribution in [1.29, 1.82) is 0 Å². The van der Waals surface area contributed by atoms with Crippen molar-refractivity contribution < 1.29 is 0 Å². The lowest BCUT2D eigenvalue weighted by molar-refractivity contribution is 1.59. The van der Waals surface area contributed by atoms with Crippen LogP contribution in [0.4, 0.5) is 0 Å². The first-order valence-electron chi connectivity index (χ1n) is 2.28. The van der Waals surface area contributed by atoms with E-state index < -0.39 is 0 Å². The van der Waals surface area contributed by atoms with Crippen molar-refractivity contribution in [3.63, 3.8) is 0 Å². The van der Waals surface area contributed by atoms with Crippen LogP contribution in [0.25, 0.3) is 0 Å². The van der Waals surface area contributed by atoms with Gasteiger partial charge in [-0.1, -0.05) is 30.1 Å². The first-order chi connectivity index (χ1) is 3.83. The average molecular weight is 162 g/mol. The van der Waals surface area contributed by atoms with E-state index in [1.54, 1.807) is 23.5 Å². The van der Waals surface area contributed by atoms with Gasteiger partial charge < -0.3 is 0 Å². The van der Waals surface area contributed by atoms with Crippen LogP contribution in [-0.4, -0.2) is 10.5 Å². The molecule has 0 aromatic carbocycles. The summed E-state index contributed by atoms with van der Waals surface area (Å²) < 4.78 is 2.46. The van der Waals surface area contributed by atoms with E-state index in [9.17, 15) is 0 Å². The molecule has 1 aliphatic rings. The molecule has 0 nitrogen and oxygen atoms in total. The Labute approximate surface area is 63.1 Å². The number of hydrogen-bond acceptors (Lipinski definition) is 3. The second kappa shape index (κ2) is 2.90. The molecular formula is C5H6S3. The van der Waals surface area contributed by atoms with Gasteiger partial charge in [-0.15, -0.1) is 11.8 Å². The summed E-state index contributed by atoms with van der Waals surface area (Å²) >= 11 is 8.45. The summed E-state index contributed by atoms with van der Waals surface area (Å²) in [4.78, 5) is 0. The maximum atomic E-state index is 4.96. The Hall–Kier alpha value is 0.530. The second-order valence-corrected chi connectivity index (χ2v) is 4.40. The third kappa shape index (κ3) is 1.50. The lowest BCUT2D eigenvalue weighted by Gasteiger charge is -1.89. The van der Waals surface area contributed by atoms with Gasteiger partial charge in [-0.25, -0.2) is 0 Å². The largest absolute Gasteiger partial charge is 0.123 e. The Morgan fingerprint density at radius 3 is 2.88 bits per heavy atom. The summed E-state index contributed by atoms with van der Waals surface area (Å²) in [6.45, 7) is 0. The van der Waals surface area contributed by atoms with E-state index in [0.717, 1.165) is 10.6 Å². The van der Waals surface area contributed by atoms with Crippen LogP contribution < -0.4 is 0 Å². The lowest BCUT2D eigenvalue weighted by atomic mass is 10.5. The zero-order valence-corrected chi connectivity index (χ0v) is 6.96. The average Bonchev–Trinajstić information content (AvgIpc) is 2.14. The predicted octanol–water partition coefficient (Wildman–Crippen LogP) is 2.66. The van der Waals surface area contributed by atoms with E-state index in [1.807, 2.05) is 0 Å². The molecule has 0 amide bonds. The van der Waals surface area contributed by atoms with Gasteiger partial charge in [0, 0.05) is 10.7 Å². The van der Waals surface area contributed by atoms with Crippen LogP contribution in [0.15, 0.2) is 10.3 Å². The van der Waals surface area contributed by atoms with E-state index in [0.29, 0.717) is 0 Å². The van der Waals surface area contributed by atoms with Crippen molar-refractivity contribution in [3.05, 3.63) is 10.3 Å². The molecular weight excluding hydrogens is 156 g/mol. The molecule has 0 spiro atoms. The maximum absolute atomic E-state index is 4.96. The second-order valence-electron chi connectivity index (χ2n) is 1.41. The molecule has 3 heteroatoms. The van der Waals surface area contributed by atoms with E-state index in [-0.39, 0.29) is 0 Å². The highest BCUT2D eigenvalue weighted by atomic mass is 32.2. The fraction of sp³-hybridized carbons (Fsp3) is 0.400. The first-order valence-corrected chi connectivity index (χ1v) is 4.72. The van der Waals surface area contributed by atoms with Crippen molar-refractivity contribution in [2.75, 3.05) is 6.26 Å². The molecule has 1 heterocycles. The van der Waals surface area contributed by atoms with E-state index in [2.05, 4.69) is 12.3 Å². The minimum Gasteiger partial charge on any atom is -0.123 e. The summed E-state index contributed by atoms with van der Waals surface area (Å²) in [5.74, 6) is 0. The van der Waals surface area contributed by atoms with Crippen molar-refractivity contribution >= 4 is 39.9 Å². The van der Waals surface area contributed by atoms with Crippen LogP contribution in [0.3, 0.4) is 0 Å². The maximum Gasteiger partial charge on any atom is 0.0570 e. The van der Waals surface area contributed by atoms with Crippen LogP contribution >= 0.6 is 35.7 Å². The van der Waals surface area contributed by atoms with Gasteiger partial charge in [-0.05, 0) is 6.26 Å². The van der Waals surface area contributed by atoms with Crippen molar-refractivity contribution in [3.8, 4) is 0 Å². The Bertz CT molecular complexity index is 137. The molecule has 0 fully saturated rings. The molecule has 1 aliphatic heterocycles. The quantitative estimate of drug-likeness (QED) is 0.544. The van der Waals surface area contributed by atoms with Gasteiger partial charge in [-0.2, -0.15) is 0 Å². The third-order valence-electron chi connectivity index (χ3n) is 0.851. The molecule has 0 bridgehead atoms. The van der Waals surface area contributed by atoms with Crippen LogP contribution in [0, 0.1) is 0 Å². The zero-order chi connectivity index (χ0) is 5.98. The van der Waals surface area contributed by atoms with Crippen molar-refractivity contribution in [1.82, 2.24) is 0 Å². The highest BCUT2D eigenvalue weighted by Gasteiger charge is 2.07. The van der Waals surface area contributed by atoms with Crippen LogP contribution in [-0.2, 0) is 0 Å². The molecule has 1 rings (SSSR count). The SMILES string of the molecule is CSC1=CCC(=S)S1. The van der Waals surface area contributed by atoms with Gasteiger partial charge in [0.15, 0.2) is 0 Å². The zero-order valence-electron chi connectivity index (χ0n) is 4.51. The number of thiocarbonyl (C=S) groups is 1. The Morgan fingerprint density at radius 2 is 2.62 bits per heavy atom. The van der Waals surface area contributed by atoms with Gasteiger partial charge in [0.1, 0.15) is 0 Å². The smallest absolute Gasteiger partial charge is 0.0570 e. The highest BCUT2D eigenvalue weighted by molar-refractivity contribution is 8.34. The van der Waals surface area contributed by atoms with Gasteiger partial charge in [-0.3, -0.25) is 0 Å². The number of rotatable bonds is 1. The molecule has 0 N–H and O–H groups in total. The van der Waals surface area contributed by atoms with E-state index in [1.165, 1.54) is 4.24 Å². The van der Waals surface area contributed by atoms with Crippen LogP contribution in [0.1, 0.15) is 6.42 Å². The fourth-order valence-electron chi connectivity index (χ4n) is 0.487.